The summed E-state index contributed by atoms with van der Waals surface area (Å²) in [7, 11) is 0. The summed E-state index contributed by atoms with van der Waals surface area (Å²) in [5.41, 5.74) is 1.28. The van der Waals surface area contributed by atoms with Crippen LogP contribution in [-0.2, 0) is 0 Å². The number of benzene rings is 3. The first-order valence-corrected chi connectivity index (χ1v) is 10.4. The Morgan fingerprint density at radius 2 is 1.62 bits per heavy atom. The third-order valence-corrected chi connectivity index (χ3v) is 5.55. The van der Waals surface area contributed by atoms with Gasteiger partial charge in [0.1, 0.15) is 12.1 Å². The fraction of sp³-hybridized carbons (Fsp3) is 0. The zero-order chi connectivity index (χ0) is 22.2. The Hall–Kier alpha value is -3.67. The molecule has 0 radical (unpaired) electrons. The fourth-order valence-electron chi connectivity index (χ4n) is 3.55. The molecule has 0 atom stereocenters. The molecule has 0 aliphatic rings. The van der Waals surface area contributed by atoms with Gasteiger partial charge in [0.15, 0.2) is 11.0 Å². The van der Waals surface area contributed by atoms with Gasteiger partial charge in [-0.1, -0.05) is 53.5 Å². The Morgan fingerprint density at radius 3 is 2.44 bits per heavy atom. The maximum Gasteiger partial charge on any atom is 0.266 e. The van der Waals surface area contributed by atoms with Gasteiger partial charge in [-0.15, -0.1) is 0 Å². The average Bonchev–Trinajstić information content (AvgIpc) is 2.80. The lowest BCUT2D eigenvalue weighted by molar-refractivity contribution is 0.601. The molecule has 0 unspecified atom stereocenters. The maximum absolute atomic E-state index is 13.3. The molecule has 3 aromatic carbocycles. The quantitative estimate of drug-likeness (QED) is 0.332. The van der Waals surface area contributed by atoms with Gasteiger partial charge in [-0.05, 0) is 48.6 Å². The van der Waals surface area contributed by atoms with Crippen LogP contribution in [0.4, 0.5) is 0 Å². The third-order valence-electron chi connectivity index (χ3n) is 5.05. The Morgan fingerprint density at radius 1 is 0.875 bits per heavy atom. The van der Waals surface area contributed by atoms with Crippen LogP contribution in [0, 0.1) is 0 Å². The molecule has 5 rings (SSSR count). The highest BCUT2D eigenvalue weighted by atomic mass is 35.5. The first-order chi connectivity index (χ1) is 15.5. The van der Waals surface area contributed by atoms with E-state index < -0.39 is 0 Å². The second kappa shape index (κ2) is 8.11. The van der Waals surface area contributed by atoms with Gasteiger partial charge in [0, 0.05) is 5.02 Å². The van der Waals surface area contributed by atoms with E-state index in [0.29, 0.717) is 27.4 Å². The Kier molecular flexibility index (Phi) is 5.13. The van der Waals surface area contributed by atoms with E-state index in [2.05, 4.69) is 4.98 Å². The van der Waals surface area contributed by atoms with Crippen LogP contribution in [0.15, 0.2) is 87.0 Å². The zero-order valence-electron chi connectivity index (χ0n) is 16.5. The van der Waals surface area contributed by atoms with Crippen molar-refractivity contribution in [1.29, 1.82) is 0 Å². The Bertz CT molecular complexity index is 1640. The molecule has 0 bridgehead atoms. The molecule has 32 heavy (non-hydrogen) atoms. The van der Waals surface area contributed by atoms with Crippen LogP contribution in [0.1, 0.15) is 11.4 Å². The van der Waals surface area contributed by atoms with Crippen LogP contribution >= 0.6 is 23.2 Å². The minimum atomic E-state index is -0.290. The van der Waals surface area contributed by atoms with Crippen molar-refractivity contribution >= 4 is 57.2 Å². The van der Waals surface area contributed by atoms with Gasteiger partial charge >= 0.3 is 0 Å². The standard InChI is InChI=1S/C25H14Cl2N2O3/c26-16-12-19-23(30)15(14-32-24(19)20(27)13-16)10-11-22-28-21-9-5-4-8-18(21)25(31)29(22)17-6-2-1-3-7-17/h1-14H/b11-10+. The molecule has 5 aromatic rings. The van der Waals surface area contributed by atoms with Crippen molar-refractivity contribution in [2.24, 2.45) is 0 Å². The molecule has 0 spiro atoms. The number of aromatic nitrogens is 2. The van der Waals surface area contributed by atoms with Crippen molar-refractivity contribution in [1.82, 2.24) is 9.55 Å². The number of rotatable bonds is 3. The number of fused-ring (bicyclic) bond motifs is 2. The SMILES string of the molecule is O=c1c(/C=C/c2nc3ccccc3c(=O)n2-c2ccccc2)coc2c(Cl)cc(Cl)cc12. The van der Waals surface area contributed by atoms with E-state index >= 15 is 0 Å². The van der Waals surface area contributed by atoms with Crippen molar-refractivity contribution in [2.75, 3.05) is 0 Å². The van der Waals surface area contributed by atoms with Crippen LogP contribution in [0.3, 0.4) is 0 Å². The minimum Gasteiger partial charge on any atom is -0.462 e. The van der Waals surface area contributed by atoms with E-state index in [9.17, 15) is 9.59 Å². The number of hydrogen-bond donors (Lipinski definition) is 0. The second-order valence-electron chi connectivity index (χ2n) is 7.08. The molecule has 0 amide bonds. The van der Waals surface area contributed by atoms with E-state index in [1.807, 2.05) is 36.4 Å². The fourth-order valence-corrected chi connectivity index (χ4v) is 4.09. The van der Waals surface area contributed by atoms with Crippen LogP contribution < -0.4 is 11.0 Å². The smallest absolute Gasteiger partial charge is 0.266 e. The van der Waals surface area contributed by atoms with Crippen molar-refractivity contribution in [3.05, 3.63) is 115 Å². The zero-order valence-corrected chi connectivity index (χ0v) is 18.0. The van der Waals surface area contributed by atoms with Gasteiger partial charge in [0.05, 0.1) is 32.6 Å². The van der Waals surface area contributed by atoms with Gasteiger partial charge in [-0.25, -0.2) is 4.98 Å². The molecule has 0 saturated carbocycles. The van der Waals surface area contributed by atoms with Crippen molar-refractivity contribution < 1.29 is 4.42 Å². The van der Waals surface area contributed by atoms with Gasteiger partial charge < -0.3 is 4.42 Å². The van der Waals surface area contributed by atoms with Crippen molar-refractivity contribution in [2.45, 2.75) is 0 Å². The highest BCUT2D eigenvalue weighted by Gasteiger charge is 2.12. The van der Waals surface area contributed by atoms with Crippen LogP contribution in [0.5, 0.6) is 0 Å². The van der Waals surface area contributed by atoms with Crippen LogP contribution in [0.2, 0.25) is 10.0 Å². The van der Waals surface area contributed by atoms with E-state index in [1.54, 1.807) is 30.4 Å². The summed E-state index contributed by atoms with van der Waals surface area (Å²) in [6.07, 6.45) is 4.51. The van der Waals surface area contributed by atoms with E-state index in [1.165, 1.54) is 23.0 Å². The largest absolute Gasteiger partial charge is 0.462 e. The summed E-state index contributed by atoms with van der Waals surface area (Å²) in [6.45, 7) is 0. The molecule has 2 heterocycles. The van der Waals surface area contributed by atoms with E-state index in [0.717, 1.165) is 0 Å². The van der Waals surface area contributed by atoms with Gasteiger partial charge in [-0.3, -0.25) is 14.2 Å². The molecule has 2 aromatic heterocycles. The monoisotopic (exact) mass is 460 g/mol. The Balaban J connectivity index is 1.72. The van der Waals surface area contributed by atoms with E-state index in [4.69, 9.17) is 27.6 Å². The van der Waals surface area contributed by atoms with Gasteiger partial charge in [-0.2, -0.15) is 0 Å². The predicted octanol–water partition coefficient (Wildman–Crippen LogP) is 5.97. The summed E-state index contributed by atoms with van der Waals surface area (Å²) in [5.74, 6) is 0.378. The summed E-state index contributed by atoms with van der Waals surface area (Å²) < 4.78 is 7.09. The number of nitrogens with zero attached hydrogens (tertiary/aromatic N) is 2. The molecule has 0 fully saturated rings. The molecule has 0 saturated heterocycles. The first-order valence-electron chi connectivity index (χ1n) is 9.69. The van der Waals surface area contributed by atoms with Crippen molar-refractivity contribution in [3.63, 3.8) is 0 Å². The highest BCUT2D eigenvalue weighted by Crippen LogP contribution is 2.26. The van der Waals surface area contributed by atoms with Gasteiger partial charge in [0.2, 0.25) is 0 Å². The lowest BCUT2D eigenvalue weighted by Gasteiger charge is -2.11. The van der Waals surface area contributed by atoms with Crippen LogP contribution in [-0.4, -0.2) is 9.55 Å². The first kappa shape index (κ1) is 20.2. The molecule has 156 valence electrons. The van der Waals surface area contributed by atoms with Crippen LogP contribution in [0.25, 0.3) is 39.7 Å². The van der Waals surface area contributed by atoms with Gasteiger partial charge in [0.25, 0.3) is 5.56 Å². The lowest BCUT2D eigenvalue weighted by Crippen LogP contribution is -2.22. The second-order valence-corrected chi connectivity index (χ2v) is 7.92. The number of para-hydroxylation sites is 2. The molecular formula is C25H14Cl2N2O3. The number of hydrogen-bond acceptors (Lipinski definition) is 4. The maximum atomic E-state index is 13.3. The molecular weight excluding hydrogens is 447 g/mol. The summed E-state index contributed by atoms with van der Waals surface area (Å²) >= 11 is 12.2. The molecule has 0 N–H and O–H groups in total. The summed E-state index contributed by atoms with van der Waals surface area (Å²) in [4.78, 5) is 30.9. The molecule has 0 aliphatic carbocycles. The highest BCUT2D eigenvalue weighted by molar-refractivity contribution is 6.38. The summed E-state index contributed by atoms with van der Waals surface area (Å²) in [5, 5.41) is 1.37. The average molecular weight is 461 g/mol. The number of halogens is 2. The van der Waals surface area contributed by atoms with Crippen molar-refractivity contribution in [3.8, 4) is 5.69 Å². The molecule has 0 aliphatic heterocycles. The molecule has 5 nitrogen and oxygen atoms in total. The molecule has 7 heteroatoms. The Labute approximate surface area is 191 Å². The normalized spacial score (nSPS) is 11.6. The predicted molar refractivity (Wildman–Crippen MR) is 129 cm³/mol. The minimum absolute atomic E-state index is 0.203. The lowest BCUT2D eigenvalue weighted by atomic mass is 10.1. The van der Waals surface area contributed by atoms with E-state index in [-0.39, 0.29) is 32.5 Å². The summed E-state index contributed by atoms with van der Waals surface area (Å²) in [6, 6.07) is 19.4. The third kappa shape index (κ3) is 3.51. The topological polar surface area (TPSA) is 65.1 Å².